The molecule has 1 amide bonds. The zero-order valence-electron chi connectivity index (χ0n) is 12.8. The average molecular weight is 341 g/mol. The van der Waals surface area contributed by atoms with Gasteiger partial charge in [0.15, 0.2) is 0 Å². The van der Waals surface area contributed by atoms with Crippen LogP contribution in [0.3, 0.4) is 0 Å². The Kier molecular flexibility index (Phi) is 5.32. The number of sulfonamides is 1. The van der Waals surface area contributed by atoms with E-state index in [0.29, 0.717) is 19.4 Å². The second-order valence-corrected chi connectivity index (χ2v) is 7.43. The molecule has 8 nitrogen and oxygen atoms in total. The third-order valence-corrected chi connectivity index (χ3v) is 5.60. The zero-order chi connectivity index (χ0) is 17.0. The van der Waals surface area contributed by atoms with Crippen molar-refractivity contribution in [3.8, 4) is 0 Å². The summed E-state index contributed by atoms with van der Waals surface area (Å²) in [6.07, 6.45) is 4.51. The van der Waals surface area contributed by atoms with E-state index in [-0.39, 0.29) is 4.90 Å². The van der Waals surface area contributed by atoms with Crippen LogP contribution in [0, 0.1) is 0 Å². The Morgan fingerprint density at radius 2 is 2.17 bits per heavy atom. The largest absolute Gasteiger partial charge is 0.480 e. The van der Waals surface area contributed by atoms with Gasteiger partial charge in [-0.1, -0.05) is 0 Å². The van der Waals surface area contributed by atoms with Crippen molar-refractivity contribution in [2.24, 2.45) is 0 Å². The molecule has 1 aliphatic rings. The minimum Gasteiger partial charge on any atom is -0.480 e. The fraction of sp³-hybridized carbons (Fsp3) is 0.500. The lowest BCUT2D eigenvalue weighted by Crippen LogP contribution is -2.51. The van der Waals surface area contributed by atoms with E-state index < -0.39 is 34.5 Å². The van der Waals surface area contributed by atoms with Gasteiger partial charge in [0.1, 0.15) is 10.9 Å². The van der Waals surface area contributed by atoms with Crippen LogP contribution in [0.1, 0.15) is 19.3 Å². The number of carboxylic acids is 1. The van der Waals surface area contributed by atoms with Crippen LogP contribution in [0.25, 0.3) is 0 Å². The third kappa shape index (κ3) is 3.85. The van der Waals surface area contributed by atoms with Gasteiger partial charge in [0.05, 0.1) is 6.54 Å². The first-order valence-corrected chi connectivity index (χ1v) is 8.66. The Balaban J connectivity index is 2.11. The molecular weight excluding hydrogens is 322 g/mol. The Hall–Kier alpha value is -2.00. The number of carbonyl (C=O) groups excluding carboxylic acids is 1. The van der Waals surface area contributed by atoms with Crippen LogP contribution in [-0.2, 0) is 19.6 Å². The van der Waals surface area contributed by atoms with Crippen LogP contribution in [0.4, 0.5) is 0 Å². The van der Waals surface area contributed by atoms with Gasteiger partial charge in [-0.25, -0.2) is 13.2 Å². The summed E-state index contributed by atoms with van der Waals surface area (Å²) in [5.74, 6) is -1.57. The molecule has 1 saturated heterocycles. The minimum atomic E-state index is -3.83. The normalized spacial score (nSPS) is 18.9. The Bertz CT molecular complexity index is 677. The van der Waals surface area contributed by atoms with Crippen LogP contribution < -0.4 is 0 Å². The summed E-state index contributed by atoms with van der Waals surface area (Å²) in [6.45, 7) is -0.0718. The Labute approximate surface area is 134 Å². The van der Waals surface area contributed by atoms with E-state index in [1.807, 2.05) is 0 Å². The van der Waals surface area contributed by atoms with Gasteiger partial charge in [-0.2, -0.15) is 4.31 Å². The highest BCUT2D eigenvalue weighted by atomic mass is 32.2. The smallest absolute Gasteiger partial charge is 0.326 e. The maximum Gasteiger partial charge on any atom is 0.326 e. The first kappa shape index (κ1) is 17.4. The van der Waals surface area contributed by atoms with E-state index in [1.54, 1.807) is 0 Å². The number of likely N-dealkylation sites (tertiary alicyclic amines) is 1. The number of aliphatic carboxylic acids is 1. The lowest BCUT2D eigenvalue weighted by Gasteiger charge is -2.33. The number of nitrogens with zero attached hydrogens (tertiary/aromatic N) is 3. The molecule has 9 heteroatoms. The Morgan fingerprint density at radius 1 is 1.43 bits per heavy atom. The van der Waals surface area contributed by atoms with Crippen molar-refractivity contribution >= 4 is 21.9 Å². The average Bonchev–Trinajstić information content (AvgIpc) is 2.55. The van der Waals surface area contributed by atoms with Gasteiger partial charge in [-0.3, -0.25) is 9.78 Å². The molecular formula is C14H19N3O5S. The fourth-order valence-corrected chi connectivity index (χ4v) is 3.62. The molecule has 0 unspecified atom stereocenters. The molecule has 126 valence electrons. The highest BCUT2D eigenvalue weighted by Gasteiger charge is 2.33. The minimum absolute atomic E-state index is 0.0104. The molecule has 2 rings (SSSR count). The summed E-state index contributed by atoms with van der Waals surface area (Å²) < 4.78 is 25.6. The van der Waals surface area contributed by atoms with Crippen molar-refractivity contribution in [3.63, 3.8) is 0 Å². The van der Waals surface area contributed by atoms with Gasteiger partial charge in [0.25, 0.3) is 0 Å². The number of amides is 1. The predicted octanol–water partition coefficient (Wildman–Crippen LogP) is 0.168. The molecule has 1 aromatic rings. The standard InChI is InChI=1S/C14H19N3O5S/c1-16(23(21,22)11-5-4-7-15-9-11)10-13(18)17-8-3-2-6-12(17)14(19)20/h4-5,7,9,12H,2-3,6,8,10H2,1H3,(H,19,20)/t12-/m1/s1. The fourth-order valence-electron chi connectivity index (χ4n) is 2.53. The molecule has 1 N–H and O–H groups in total. The number of rotatable bonds is 5. The number of aromatic nitrogens is 1. The van der Waals surface area contributed by atoms with Crippen molar-refractivity contribution in [1.82, 2.24) is 14.2 Å². The molecule has 0 aromatic carbocycles. The van der Waals surface area contributed by atoms with Crippen LogP contribution in [0.15, 0.2) is 29.4 Å². The number of carbonyl (C=O) groups is 2. The molecule has 1 atom stereocenters. The highest BCUT2D eigenvalue weighted by molar-refractivity contribution is 7.89. The van der Waals surface area contributed by atoms with E-state index in [1.165, 1.54) is 36.5 Å². The SMILES string of the molecule is CN(CC(=O)N1CCCC[C@@H]1C(=O)O)S(=O)(=O)c1cccnc1. The summed E-state index contributed by atoms with van der Waals surface area (Å²) in [5, 5.41) is 9.20. The van der Waals surface area contributed by atoms with Gasteiger partial charge in [0.2, 0.25) is 15.9 Å². The molecule has 1 aromatic heterocycles. The monoisotopic (exact) mass is 341 g/mol. The number of hydrogen-bond donors (Lipinski definition) is 1. The van der Waals surface area contributed by atoms with Crippen LogP contribution in [-0.4, -0.2) is 65.8 Å². The maximum atomic E-state index is 12.4. The molecule has 1 aliphatic heterocycles. The first-order valence-electron chi connectivity index (χ1n) is 7.22. The molecule has 0 aliphatic carbocycles. The third-order valence-electron chi connectivity index (χ3n) is 3.81. The molecule has 0 spiro atoms. The lowest BCUT2D eigenvalue weighted by molar-refractivity contribution is -0.152. The van der Waals surface area contributed by atoms with Crippen LogP contribution in [0.2, 0.25) is 0 Å². The van der Waals surface area contributed by atoms with E-state index in [4.69, 9.17) is 0 Å². The first-order chi connectivity index (χ1) is 10.8. The molecule has 2 heterocycles. The summed E-state index contributed by atoms with van der Waals surface area (Å²) in [6, 6.07) is 2.00. The number of likely N-dealkylation sites (N-methyl/N-ethyl adjacent to an activating group) is 1. The van der Waals surface area contributed by atoms with Crippen molar-refractivity contribution in [2.45, 2.75) is 30.2 Å². The maximum absolute atomic E-state index is 12.4. The molecule has 0 radical (unpaired) electrons. The molecule has 23 heavy (non-hydrogen) atoms. The molecule has 0 saturated carbocycles. The zero-order valence-corrected chi connectivity index (χ0v) is 13.6. The predicted molar refractivity (Wildman–Crippen MR) is 81.0 cm³/mol. The highest BCUT2D eigenvalue weighted by Crippen LogP contribution is 2.19. The van der Waals surface area contributed by atoms with Gasteiger partial charge in [0, 0.05) is 26.0 Å². The number of piperidine rings is 1. The van der Waals surface area contributed by atoms with E-state index in [0.717, 1.165) is 10.7 Å². The molecule has 0 bridgehead atoms. The topological polar surface area (TPSA) is 108 Å². The number of pyridine rings is 1. The van der Waals surface area contributed by atoms with Gasteiger partial charge >= 0.3 is 5.97 Å². The van der Waals surface area contributed by atoms with Crippen molar-refractivity contribution < 1.29 is 23.1 Å². The van der Waals surface area contributed by atoms with Crippen LogP contribution in [0.5, 0.6) is 0 Å². The van der Waals surface area contributed by atoms with Crippen molar-refractivity contribution in [2.75, 3.05) is 20.1 Å². The summed E-state index contributed by atoms with van der Waals surface area (Å²) in [7, 11) is -2.54. The summed E-state index contributed by atoms with van der Waals surface area (Å²) in [5.41, 5.74) is 0. The number of carboxylic acid groups (broad SMARTS) is 1. The summed E-state index contributed by atoms with van der Waals surface area (Å²) in [4.78, 5) is 28.6. The van der Waals surface area contributed by atoms with E-state index in [9.17, 15) is 23.1 Å². The van der Waals surface area contributed by atoms with Crippen LogP contribution >= 0.6 is 0 Å². The van der Waals surface area contributed by atoms with Crippen molar-refractivity contribution in [3.05, 3.63) is 24.5 Å². The van der Waals surface area contributed by atoms with Gasteiger partial charge in [-0.15, -0.1) is 0 Å². The second kappa shape index (κ2) is 7.05. The van der Waals surface area contributed by atoms with Crippen molar-refractivity contribution in [1.29, 1.82) is 0 Å². The van der Waals surface area contributed by atoms with Gasteiger partial charge < -0.3 is 10.0 Å². The van der Waals surface area contributed by atoms with E-state index in [2.05, 4.69) is 4.98 Å². The number of hydrogen-bond acceptors (Lipinski definition) is 5. The quantitative estimate of drug-likeness (QED) is 0.818. The van der Waals surface area contributed by atoms with E-state index >= 15 is 0 Å². The molecule has 1 fully saturated rings. The van der Waals surface area contributed by atoms with Gasteiger partial charge in [-0.05, 0) is 31.4 Å². The lowest BCUT2D eigenvalue weighted by atomic mass is 10.0. The second-order valence-electron chi connectivity index (χ2n) is 5.39. The Morgan fingerprint density at radius 3 is 2.78 bits per heavy atom. The summed E-state index contributed by atoms with van der Waals surface area (Å²) >= 11 is 0.